The summed E-state index contributed by atoms with van der Waals surface area (Å²) in [6.45, 7) is 0.921. The molecule has 0 bridgehead atoms. The lowest BCUT2D eigenvalue weighted by atomic mass is 10.2. The molecule has 0 aromatic heterocycles. The second-order valence-corrected chi connectivity index (χ2v) is 11.7. The van der Waals surface area contributed by atoms with Crippen LogP contribution in [0.4, 0.5) is 5.69 Å². The van der Waals surface area contributed by atoms with Gasteiger partial charge in [0.1, 0.15) is 5.75 Å². The average molecular weight is 622 g/mol. The molecule has 1 fully saturated rings. The molecule has 10 heteroatoms. The minimum atomic E-state index is -3.74. The van der Waals surface area contributed by atoms with Crippen LogP contribution in [0.25, 0.3) is 0 Å². The van der Waals surface area contributed by atoms with Crippen LogP contribution in [-0.2, 0) is 10.0 Å². The molecular weight excluding hydrogens is 600 g/mol. The highest BCUT2D eigenvalue weighted by Crippen LogP contribution is 2.29. The van der Waals surface area contributed by atoms with Crippen molar-refractivity contribution in [2.45, 2.75) is 24.2 Å². The molecule has 0 atom stereocenters. The van der Waals surface area contributed by atoms with Crippen molar-refractivity contribution in [1.82, 2.24) is 4.31 Å². The first-order valence-electron chi connectivity index (χ1n) is 10.9. The quantitative estimate of drug-likeness (QED) is 0.275. The zero-order valence-electron chi connectivity index (χ0n) is 18.5. The summed E-state index contributed by atoms with van der Waals surface area (Å²) >= 11 is 6.64. The van der Waals surface area contributed by atoms with Gasteiger partial charge < -0.3 is 10.1 Å². The molecule has 35 heavy (non-hydrogen) atoms. The Labute approximate surface area is 220 Å². The topological polar surface area (TPSA) is 92.8 Å². The minimum Gasteiger partial charge on any atom is -0.423 e. The third-order valence-corrected chi connectivity index (χ3v) is 8.93. The first kappa shape index (κ1) is 25.6. The van der Waals surface area contributed by atoms with Gasteiger partial charge in [0.15, 0.2) is 0 Å². The maximum atomic E-state index is 13.1. The predicted octanol–water partition coefficient (Wildman–Crippen LogP) is 5.86. The molecule has 1 aliphatic heterocycles. The van der Waals surface area contributed by atoms with Crippen LogP contribution < -0.4 is 10.1 Å². The molecular formula is C25H22Br2N2O5S. The van der Waals surface area contributed by atoms with Gasteiger partial charge in [-0.3, -0.25) is 4.79 Å². The number of halogens is 2. The number of hydrogen-bond acceptors (Lipinski definition) is 5. The van der Waals surface area contributed by atoms with Gasteiger partial charge in [0, 0.05) is 39.4 Å². The van der Waals surface area contributed by atoms with Gasteiger partial charge in [-0.05, 0) is 83.4 Å². The fraction of sp³-hybridized carbons (Fsp3) is 0.200. The molecule has 1 aliphatic rings. The van der Waals surface area contributed by atoms with Crippen molar-refractivity contribution in [1.29, 1.82) is 0 Å². The molecule has 0 saturated carbocycles. The summed E-state index contributed by atoms with van der Waals surface area (Å²) in [5.41, 5.74) is 1.04. The van der Waals surface area contributed by atoms with Crippen LogP contribution in [0.3, 0.4) is 0 Å². The number of carbonyl (C=O) groups is 2. The van der Waals surface area contributed by atoms with E-state index in [-0.39, 0.29) is 22.1 Å². The van der Waals surface area contributed by atoms with Crippen molar-refractivity contribution in [3.63, 3.8) is 0 Å². The van der Waals surface area contributed by atoms with E-state index >= 15 is 0 Å². The number of esters is 1. The number of rotatable bonds is 6. The third-order valence-electron chi connectivity index (χ3n) is 5.51. The van der Waals surface area contributed by atoms with E-state index in [9.17, 15) is 18.0 Å². The average Bonchev–Trinajstić information content (AvgIpc) is 2.85. The second-order valence-electron chi connectivity index (χ2n) is 7.99. The predicted molar refractivity (Wildman–Crippen MR) is 140 cm³/mol. The Balaban J connectivity index is 1.49. The van der Waals surface area contributed by atoms with Gasteiger partial charge in [-0.15, -0.1) is 0 Å². The van der Waals surface area contributed by atoms with E-state index in [1.54, 1.807) is 42.5 Å². The number of ether oxygens (including phenoxy) is 1. The summed E-state index contributed by atoms with van der Waals surface area (Å²) in [4.78, 5) is 25.3. The van der Waals surface area contributed by atoms with Gasteiger partial charge in [0.2, 0.25) is 10.0 Å². The fourth-order valence-electron chi connectivity index (χ4n) is 3.68. The summed E-state index contributed by atoms with van der Waals surface area (Å²) in [5.74, 6) is -0.794. The highest BCUT2D eigenvalue weighted by molar-refractivity contribution is 9.10. The van der Waals surface area contributed by atoms with Gasteiger partial charge in [-0.2, -0.15) is 4.31 Å². The highest BCUT2D eigenvalue weighted by atomic mass is 79.9. The first-order valence-corrected chi connectivity index (χ1v) is 14.0. The number of amides is 1. The summed E-state index contributed by atoms with van der Waals surface area (Å²) in [5, 5.41) is 2.77. The van der Waals surface area contributed by atoms with Crippen LogP contribution in [0.1, 0.15) is 40.0 Å². The Bertz CT molecular complexity index is 1350. The van der Waals surface area contributed by atoms with Crippen molar-refractivity contribution >= 4 is 59.4 Å². The van der Waals surface area contributed by atoms with Crippen LogP contribution in [0, 0.1) is 0 Å². The highest BCUT2D eigenvalue weighted by Gasteiger charge is 2.29. The Morgan fingerprint density at radius 3 is 2.26 bits per heavy atom. The Morgan fingerprint density at radius 1 is 0.857 bits per heavy atom. The maximum absolute atomic E-state index is 13.1. The first-order chi connectivity index (χ1) is 16.7. The summed E-state index contributed by atoms with van der Waals surface area (Å²) in [6.07, 6.45) is 2.63. The molecule has 1 amide bonds. The monoisotopic (exact) mass is 620 g/mol. The van der Waals surface area contributed by atoms with E-state index in [4.69, 9.17) is 4.74 Å². The van der Waals surface area contributed by atoms with Gasteiger partial charge in [-0.25, -0.2) is 13.2 Å². The lowest BCUT2D eigenvalue weighted by Crippen LogP contribution is -2.35. The summed E-state index contributed by atoms with van der Waals surface area (Å²) in [6, 6.07) is 17.7. The maximum Gasteiger partial charge on any atom is 0.343 e. The van der Waals surface area contributed by atoms with E-state index < -0.39 is 16.0 Å². The van der Waals surface area contributed by atoms with Gasteiger partial charge >= 0.3 is 5.97 Å². The number of sulfonamides is 1. The van der Waals surface area contributed by atoms with Crippen molar-refractivity contribution in [2.24, 2.45) is 0 Å². The smallest absolute Gasteiger partial charge is 0.343 e. The Hall–Kier alpha value is -2.53. The third kappa shape index (κ3) is 6.19. The molecule has 0 unspecified atom stereocenters. The van der Waals surface area contributed by atoms with E-state index in [0.717, 1.165) is 23.7 Å². The molecule has 1 saturated heterocycles. The van der Waals surface area contributed by atoms with Crippen LogP contribution in [0.2, 0.25) is 0 Å². The summed E-state index contributed by atoms with van der Waals surface area (Å²) in [7, 11) is -3.74. The normalized spacial score (nSPS) is 14.3. The minimum absolute atomic E-state index is 0.0318. The molecule has 3 aromatic rings. The standard InChI is InChI=1S/C25H22Br2N2O5S/c26-19-10-7-17(8-11-19)24(30)28-20-5-4-6-21(16-20)34-25(31)18-9-12-22(27)23(15-18)35(32,33)29-13-2-1-3-14-29/h4-12,15-16H,1-3,13-14H2,(H,28,30). The fourth-order valence-corrected chi connectivity index (χ4v) is 6.41. The van der Waals surface area contributed by atoms with E-state index in [0.29, 0.717) is 28.8 Å². The number of anilines is 1. The largest absolute Gasteiger partial charge is 0.423 e. The molecule has 1 N–H and O–H groups in total. The SMILES string of the molecule is O=C(Nc1cccc(OC(=O)c2ccc(Br)c(S(=O)(=O)N3CCCCC3)c2)c1)c1ccc(Br)cc1. The van der Waals surface area contributed by atoms with Gasteiger partial charge in [0.25, 0.3) is 5.91 Å². The van der Waals surface area contributed by atoms with Crippen molar-refractivity contribution in [2.75, 3.05) is 18.4 Å². The number of nitrogens with one attached hydrogen (secondary N) is 1. The Morgan fingerprint density at radius 2 is 1.54 bits per heavy atom. The van der Waals surface area contributed by atoms with Crippen LogP contribution in [0.15, 0.2) is 80.6 Å². The van der Waals surface area contributed by atoms with Crippen molar-refractivity contribution in [3.05, 3.63) is 86.8 Å². The molecule has 3 aromatic carbocycles. The lowest BCUT2D eigenvalue weighted by molar-refractivity contribution is 0.0734. The molecule has 182 valence electrons. The van der Waals surface area contributed by atoms with E-state index in [1.165, 1.54) is 28.6 Å². The molecule has 0 spiro atoms. The zero-order chi connectivity index (χ0) is 25.0. The van der Waals surface area contributed by atoms with Crippen LogP contribution in [0.5, 0.6) is 5.75 Å². The summed E-state index contributed by atoms with van der Waals surface area (Å²) < 4.78 is 34.4. The molecule has 1 heterocycles. The number of carbonyl (C=O) groups excluding carboxylic acids is 2. The van der Waals surface area contributed by atoms with E-state index in [1.807, 2.05) is 0 Å². The van der Waals surface area contributed by atoms with Gasteiger partial charge in [0.05, 0.1) is 10.5 Å². The van der Waals surface area contributed by atoms with Crippen LogP contribution >= 0.6 is 31.9 Å². The number of hydrogen-bond donors (Lipinski definition) is 1. The molecule has 0 aliphatic carbocycles. The second kappa shape index (κ2) is 11.0. The molecule has 0 radical (unpaired) electrons. The number of benzene rings is 3. The van der Waals surface area contributed by atoms with Crippen LogP contribution in [-0.4, -0.2) is 37.7 Å². The Kier molecular flexibility index (Phi) is 8.05. The number of piperidine rings is 1. The molecule has 4 rings (SSSR count). The van der Waals surface area contributed by atoms with Crippen molar-refractivity contribution in [3.8, 4) is 5.75 Å². The van der Waals surface area contributed by atoms with Gasteiger partial charge in [-0.1, -0.05) is 28.4 Å². The number of nitrogens with zero attached hydrogens (tertiary/aromatic N) is 1. The van der Waals surface area contributed by atoms with E-state index in [2.05, 4.69) is 37.2 Å². The zero-order valence-corrected chi connectivity index (χ0v) is 22.5. The molecule has 7 nitrogen and oxygen atoms in total. The van der Waals surface area contributed by atoms with Crippen molar-refractivity contribution < 1.29 is 22.7 Å². The lowest BCUT2D eigenvalue weighted by Gasteiger charge is -2.26.